The first kappa shape index (κ1) is 15.3. The predicted octanol–water partition coefficient (Wildman–Crippen LogP) is 3.73. The first-order chi connectivity index (χ1) is 10.3. The quantitative estimate of drug-likeness (QED) is 0.693. The minimum absolute atomic E-state index is 0.113. The van der Waals surface area contributed by atoms with Gasteiger partial charge in [-0.05, 0) is 23.3 Å². The fraction of sp³-hybridized carbons (Fsp3) is 0.278. The molecule has 0 saturated heterocycles. The van der Waals surface area contributed by atoms with Gasteiger partial charge in [-0.2, -0.15) is 0 Å². The lowest BCUT2D eigenvalue weighted by molar-refractivity contribution is -0.123. The molecule has 0 aliphatic carbocycles. The molecule has 110 valence electrons. The summed E-state index contributed by atoms with van der Waals surface area (Å²) < 4.78 is 10.8. The Kier molecular flexibility index (Phi) is 5.98. The largest absolute Gasteiger partial charge is 0.491 e. The second kappa shape index (κ2) is 8.22. The van der Waals surface area contributed by atoms with E-state index in [9.17, 15) is 4.79 Å². The molecular weight excluding hydrogens is 264 g/mol. The number of Topliss-reactive ketones (excluding diaryl/α,β-unsaturated/α-hetero) is 1. The predicted molar refractivity (Wildman–Crippen MR) is 83.5 cm³/mol. The van der Waals surface area contributed by atoms with Crippen molar-refractivity contribution in [3.05, 3.63) is 54.6 Å². The summed E-state index contributed by atoms with van der Waals surface area (Å²) in [5, 5.41) is 0. The highest BCUT2D eigenvalue weighted by atomic mass is 16.5. The molecule has 0 spiro atoms. The van der Waals surface area contributed by atoms with Gasteiger partial charge < -0.3 is 9.47 Å². The van der Waals surface area contributed by atoms with Crippen LogP contribution in [0.4, 0.5) is 0 Å². The van der Waals surface area contributed by atoms with Gasteiger partial charge in [0.25, 0.3) is 0 Å². The highest BCUT2D eigenvalue weighted by molar-refractivity contribution is 5.79. The maximum atomic E-state index is 11.1. The van der Waals surface area contributed by atoms with Gasteiger partial charge in [-0.1, -0.05) is 49.4 Å². The van der Waals surface area contributed by atoms with Crippen molar-refractivity contribution in [2.45, 2.75) is 13.3 Å². The molecule has 0 aliphatic rings. The van der Waals surface area contributed by atoms with E-state index in [1.54, 1.807) is 0 Å². The number of hydrogen-bond acceptors (Lipinski definition) is 3. The average Bonchev–Trinajstić information content (AvgIpc) is 2.55. The number of carbonyl (C=O) groups excluding carboxylic acids is 1. The van der Waals surface area contributed by atoms with Gasteiger partial charge in [-0.25, -0.2) is 0 Å². The van der Waals surface area contributed by atoms with Crippen molar-refractivity contribution in [3.8, 4) is 16.9 Å². The second-order valence-electron chi connectivity index (χ2n) is 4.68. The van der Waals surface area contributed by atoms with Crippen LogP contribution in [0.3, 0.4) is 0 Å². The Bertz CT molecular complexity index is 546. The Balaban J connectivity index is 1.77. The van der Waals surface area contributed by atoms with Gasteiger partial charge in [0.05, 0.1) is 6.61 Å². The molecule has 2 aromatic rings. The number of rotatable bonds is 8. The normalized spacial score (nSPS) is 10.3. The van der Waals surface area contributed by atoms with Crippen LogP contribution in [0.25, 0.3) is 11.1 Å². The van der Waals surface area contributed by atoms with Crippen LogP contribution in [-0.2, 0) is 9.53 Å². The average molecular weight is 284 g/mol. The standard InChI is InChI=1S/C18H20O3/c1-2-17(19)14-20-12-13-21-18-10-8-16(9-11-18)15-6-4-3-5-7-15/h3-11H,2,12-14H2,1H3. The summed E-state index contributed by atoms with van der Waals surface area (Å²) in [6.07, 6.45) is 0.516. The molecule has 3 nitrogen and oxygen atoms in total. The first-order valence-electron chi connectivity index (χ1n) is 7.17. The highest BCUT2D eigenvalue weighted by Gasteiger charge is 2.00. The summed E-state index contributed by atoms with van der Waals surface area (Å²) in [7, 11) is 0. The molecule has 0 N–H and O–H groups in total. The molecule has 0 aliphatic heterocycles. The van der Waals surface area contributed by atoms with Crippen LogP contribution >= 0.6 is 0 Å². The third-order valence-corrected chi connectivity index (χ3v) is 3.12. The first-order valence-corrected chi connectivity index (χ1v) is 7.17. The van der Waals surface area contributed by atoms with E-state index in [0.29, 0.717) is 19.6 Å². The van der Waals surface area contributed by atoms with E-state index in [2.05, 4.69) is 12.1 Å². The molecule has 0 radical (unpaired) electrons. The molecular formula is C18H20O3. The lowest BCUT2D eigenvalue weighted by Gasteiger charge is -2.08. The Labute approximate surface area is 125 Å². The topological polar surface area (TPSA) is 35.5 Å². The van der Waals surface area contributed by atoms with Crippen molar-refractivity contribution >= 4 is 5.78 Å². The molecule has 21 heavy (non-hydrogen) atoms. The van der Waals surface area contributed by atoms with Gasteiger partial charge in [0.2, 0.25) is 0 Å². The van der Waals surface area contributed by atoms with E-state index < -0.39 is 0 Å². The molecule has 0 fully saturated rings. The Hall–Kier alpha value is -2.13. The van der Waals surface area contributed by atoms with E-state index >= 15 is 0 Å². The fourth-order valence-electron chi connectivity index (χ4n) is 1.88. The number of carbonyl (C=O) groups is 1. The Morgan fingerprint density at radius 1 is 0.905 bits per heavy atom. The monoisotopic (exact) mass is 284 g/mol. The second-order valence-corrected chi connectivity index (χ2v) is 4.68. The number of hydrogen-bond donors (Lipinski definition) is 0. The van der Waals surface area contributed by atoms with Gasteiger partial charge in [0, 0.05) is 6.42 Å². The van der Waals surface area contributed by atoms with Gasteiger partial charge in [-0.15, -0.1) is 0 Å². The molecule has 3 heteroatoms. The van der Waals surface area contributed by atoms with Crippen LogP contribution in [0.15, 0.2) is 54.6 Å². The number of ketones is 1. The third-order valence-electron chi connectivity index (χ3n) is 3.12. The summed E-state index contributed by atoms with van der Waals surface area (Å²) in [5.74, 6) is 0.919. The zero-order valence-electron chi connectivity index (χ0n) is 12.2. The molecule has 0 heterocycles. The molecule has 0 unspecified atom stereocenters. The molecule has 0 saturated carbocycles. The SMILES string of the molecule is CCC(=O)COCCOc1ccc(-c2ccccc2)cc1. The van der Waals surface area contributed by atoms with Gasteiger partial charge in [-0.3, -0.25) is 4.79 Å². The summed E-state index contributed by atoms with van der Waals surface area (Å²) in [4.78, 5) is 11.1. The molecule has 0 bridgehead atoms. The summed E-state index contributed by atoms with van der Waals surface area (Å²) >= 11 is 0. The van der Waals surface area contributed by atoms with Crippen LogP contribution in [0.2, 0.25) is 0 Å². The van der Waals surface area contributed by atoms with Gasteiger partial charge in [0.15, 0.2) is 5.78 Å². The Morgan fingerprint density at radius 3 is 2.24 bits per heavy atom. The van der Waals surface area contributed by atoms with Crippen molar-refractivity contribution in [1.82, 2.24) is 0 Å². The maximum absolute atomic E-state index is 11.1. The van der Waals surface area contributed by atoms with Crippen LogP contribution in [0, 0.1) is 0 Å². The van der Waals surface area contributed by atoms with E-state index in [0.717, 1.165) is 11.3 Å². The summed E-state index contributed by atoms with van der Waals surface area (Å²) in [6, 6.07) is 18.2. The van der Waals surface area contributed by atoms with Crippen molar-refractivity contribution in [2.24, 2.45) is 0 Å². The lowest BCUT2D eigenvalue weighted by atomic mass is 10.1. The summed E-state index contributed by atoms with van der Waals surface area (Å²) in [5.41, 5.74) is 2.35. The van der Waals surface area contributed by atoms with Crippen LogP contribution in [0.1, 0.15) is 13.3 Å². The minimum Gasteiger partial charge on any atom is -0.491 e. The zero-order valence-corrected chi connectivity index (χ0v) is 12.2. The van der Waals surface area contributed by atoms with Crippen LogP contribution in [0.5, 0.6) is 5.75 Å². The van der Waals surface area contributed by atoms with Crippen LogP contribution in [-0.4, -0.2) is 25.6 Å². The van der Waals surface area contributed by atoms with E-state index in [4.69, 9.17) is 9.47 Å². The third kappa shape index (κ3) is 5.04. The fourth-order valence-corrected chi connectivity index (χ4v) is 1.88. The van der Waals surface area contributed by atoms with E-state index in [1.165, 1.54) is 5.56 Å². The minimum atomic E-state index is 0.113. The zero-order chi connectivity index (χ0) is 14.9. The van der Waals surface area contributed by atoms with Crippen LogP contribution < -0.4 is 4.74 Å². The van der Waals surface area contributed by atoms with E-state index in [-0.39, 0.29) is 12.4 Å². The smallest absolute Gasteiger partial charge is 0.158 e. The van der Waals surface area contributed by atoms with Gasteiger partial charge in [0.1, 0.15) is 19.0 Å². The van der Waals surface area contributed by atoms with Crippen molar-refractivity contribution in [2.75, 3.05) is 19.8 Å². The molecule has 0 amide bonds. The van der Waals surface area contributed by atoms with Crippen molar-refractivity contribution < 1.29 is 14.3 Å². The molecule has 2 rings (SSSR count). The van der Waals surface area contributed by atoms with E-state index in [1.807, 2.05) is 49.4 Å². The lowest BCUT2D eigenvalue weighted by Crippen LogP contribution is -2.12. The number of benzene rings is 2. The van der Waals surface area contributed by atoms with Crippen molar-refractivity contribution in [3.63, 3.8) is 0 Å². The van der Waals surface area contributed by atoms with Gasteiger partial charge >= 0.3 is 0 Å². The Morgan fingerprint density at radius 2 is 1.57 bits per heavy atom. The highest BCUT2D eigenvalue weighted by Crippen LogP contribution is 2.21. The molecule has 0 atom stereocenters. The molecule has 2 aromatic carbocycles. The van der Waals surface area contributed by atoms with Crippen molar-refractivity contribution in [1.29, 1.82) is 0 Å². The maximum Gasteiger partial charge on any atom is 0.158 e. The molecule has 0 aromatic heterocycles. The number of ether oxygens (including phenoxy) is 2. The summed E-state index contributed by atoms with van der Waals surface area (Å²) in [6.45, 7) is 2.87.